The lowest BCUT2D eigenvalue weighted by Gasteiger charge is -2.06. The summed E-state index contributed by atoms with van der Waals surface area (Å²) in [6.07, 6.45) is 0. The van der Waals surface area contributed by atoms with Crippen LogP contribution < -0.4 is 5.32 Å². The SMILES string of the molecule is Cc1cc(C)cc(-c2ccc3c(NC(=O)COCc4ccccc4)n[nH]c3c2)c1. The summed E-state index contributed by atoms with van der Waals surface area (Å²) in [5.74, 6) is 0.285. The third-order valence-electron chi connectivity index (χ3n) is 4.72. The van der Waals surface area contributed by atoms with Gasteiger partial charge in [0.1, 0.15) is 6.61 Å². The van der Waals surface area contributed by atoms with Crippen molar-refractivity contribution in [1.29, 1.82) is 0 Å². The zero-order valence-corrected chi connectivity index (χ0v) is 16.5. The number of rotatable bonds is 6. The molecular formula is C24H23N3O2. The Kier molecular flexibility index (Phi) is 5.40. The molecule has 0 aliphatic carbocycles. The molecule has 5 nitrogen and oxygen atoms in total. The van der Waals surface area contributed by atoms with Gasteiger partial charge in [0.05, 0.1) is 12.1 Å². The van der Waals surface area contributed by atoms with Crippen molar-refractivity contribution >= 4 is 22.6 Å². The number of fused-ring (bicyclic) bond motifs is 1. The molecule has 1 aromatic heterocycles. The summed E-state index contributed by atoms with van der Waals surface area (Å²) in [5, 5.41) is 11.0. The van der Waals surface area contributed by atoms with Gasteiger partial charge in [0.2, 0.25) is 0 Å². The molecule has 0 atom stereocenters. The number of hydrogen-bond acceptors (Lipinski definition) is 3. The number of hydrogen-bond donors (Lipinski definition) is 2. The Morgan fingerprint density at radius 3 is 2.48 bits per heavy atom. The summed E-state index contributed by atoms with van der Waals surface area (Å²) >= 11 is 0. The van der Waals surface area contributed by atoms with Gasteiger partial charge in [-0.3, -0.25) is 9.89 Å². The number of carbonyl (C=O) groups excluding carboxylic acids is 1. The van der Waals surface area contributed by atoms with Crippen LogP contribution in [0, 0.1) is 13.8 Å². The Bertz CT molecular complexity index is 1130. The average molecular weight is 385 g/mol. The predicted octanol–water partition coefficient (Wildman–Crippen LogP) is 5.00. The van der Waals surface area contributed by atoms with E-state index in [0.29, 0.717) is 12.4 Å². The topological polar surface area (TPSA) is 67.0 Å². The molecule has 0 unspecified atom stereocenters. The third-order valence-corrected chi connectivity index (χ3v) is 4.72. The first kappa shape index (κ1) is 18.9. The molecule has 0 saturated heterocycles. The molecular weight excluding hydrogens is 362 g/mol. The first-order chi connectivity index (χ1) is 14.1. The van der Waals surface area contributed by atoms with Gasteiger partial charge in [-0.25, -0.2) is 0 Å². The molecule has 0 radical (unpaired) electrons. The van der Waals surface area contributed by atoms with Crippen LogP contribution in [0.4, 0.5) is 5.82 Å². The van der Waals surface area contributed by atoms with Gasteiger partial charge in [-0.15, -0.1) is 0 Å². The van der Waals surface area contributed by atoms with E-state index in [2.05, 4.69) is 53.6 Å². The lowest BCUT2D eigenvalue weighted by Crippen LogP contribution is -2.18. The van der Waals surface area contributed by atoms with Gasteiger partial charge in [0.25, 0.3) is 5.91 Å². The second-order valence-electron chi connectivity index (χ2n) is 7.24. The van der Waals surface area contributed by atoms with E-state index in [1.165, 1.54) is 16.7 Å². The zero-order valence-electron chi connectivity index (χ0n) is 16.5. The molecule has 0 fully saturated rings. The number of nitrogens with one attached hydrogen (secondary N) is 2. The lowest BCUT2D eigenvalue weighted by atomic mass is 10.00. The molecule has 0 aliphatic rings. The summed E-state index contributed by atoms with van der Waals surface area (Å²) in [6, 6.07) is 22.3. The van der Waals surface area contributed by atoms with E-state index in [9.17, 15) is 4.79 Å². The number of anilines is 1. The Hall–Kier alpha value is -3.44. The summed E-state index contributed by atoms with van der Waals surface area (Å²) in [5.41, 5.74) is 6.64. The van der Waals surface area contributed by atoms with Crippen molar-refractivity contribution in [1.82, 2.24) is 10.2 Å². The zero-order chi connectivity index (χ0) is 20.2. The molecule has 0 aliphatic heterocycles. The van der Waals surface area contributed by atoms with E-state index < -0.39 is 0 Å². The van der Waals surface area contributed by atoms with Crippen molar-refractivity contribution in [2.24, 2.45) is 0 Å². The minimum absolute atomic E-state index is 0.0239. The molecule has 29 heavy (non-hydrogen) atoms. The summed E-state index contributed by atoms with van der Waals surface area (Å²) < 4.78 is 5.49. The van der Waals surface area contributed by atoms with Crippen molar-refractivity contribution < 1.29 is 9.53 Å². The maximum atomic E-state index is 12.2. The van der Waals surface area contributed by atoms with Crippen LogP contribution in [0.25, 0.3) is 22.0 Å². The minimum Gasteiger partial charge on any atom is -0.367 e. The number of aromatic nitrogens is 2. The van der Waals surface area contributed by atoms with Crippen molar-refractivity contribution in [2.45, 2.75) is 20.5 Å². The molecule has 4 rings (SSSR count). The van der Waals surface area contributed by atoms with E-state index in [1.807, 2.05) is 42.5 Å². The van der Waals surface area contributed by atoms with Gasteiger partial charge < -0.3 is 10.1 Å². The fraction of sp³-hybridized carbons (Fsp3) is 0.167. The first-order valence-corrected chi connectivity index (χ1v) is 9.57. The highest BCUT2D eigenvalue weighted by Crippen LogP contribution is 2.28. The molecule has 2 N–H and O–H groups in total. The number of ether oxygens (including phenoxy) is 1. The molecule has 1 heterocycles. The van der Waals surface area contributed by atoms with Crippen molar-refractivity contribution in [2.75, 3.05) is 11.9 Å². The van der Waals surface area contributed by atoms with Crippen LogP contribution in [-0.2, 0) is 16.1 Å². The van der Waals surface area contributed by atoms with Crippen LogP contribution >= 0.6 is 0 Å². The standard InChI is InChI=1S/C24H23N3O2/c1-16-10-17(2)12-20(11-16)19-8-9-21-22(13-19)26-27-24(21)25-23(28)15-29-14-18-6-4-3-5-7-18/h3-13H,14-15H2,1-2H3,(H2,25,26,27,28). The maximum absolute atomic E-state index is 12.2. The summed E-state index contributed by atoms with van der Waals surface area (Å²) in [6.45, 7) is 4.57. The van der Waals surface area contributed by atoms with Gasteiger partial charge >= 0.3 is 0 Å². The van der Waals surface area contributed by atoms with Crippen LogP contribution in [0.5, 0.6) is 0 Å². The molecule has 146 valence electrons. The molecule has 0 spiro atoms. The highest BCUT2D eigenvalue weighted by atomic mass is 16.5. The van der Waals surface area contributed by atoms with Crippen LogP contribution in [0.15, 0.2) is 66.7 Å². The number of amides is 1. The fourth-order valence-electron chi connectivity index (χ4n) is 3.44. The number of carbonyl (C=O) groups is 1. The summed E-state index contributed by atoms with van der Waals surface area (Å²) in [7, 11) is 0. The molecule has 3 aromatic carbocycles. The Balaban J connectivity index is 1.44. The van der Waals surface area contributed by atoms with E-state index in [4.69, 9.17) is 4.74 Å². The van der Waals surface area contributed by atoms with Crippen LogP contribution in [-0.4, -0.2) is 22.7 Å². The van der Waals surface area contributed by atoms with E-state index in [1.54, 1.807) is 0 Å². The van der Waals surface area contributed by atoms with Gasteiger partial charge in [0, 0.05) is 5.39 Å². The number of aryl methyl sites for hydroxylation is 2. The largest absolute Gasteiger partial charge is 0.367 e. The quantitative estimate of drug-likeness (QED) is 0.491. The van der Waals surface area contributed by atoms with E-state index in [0.717, 1.165) is 22.0 Å². The smallest absolute Gasteiger partial charge is 0.251 e. The Morgan fingerprint density at radius 2 is 1.72 bits per heavy atom. The highest BCUT2D eigenvalue weighted by Gasteiger charge is 2.11. The van der Waals surface area contributed by atoms with Gasteiger partial charge in [-0.05, 0) is 42.7 Å². The van der Waals surface area contributed by atoms with Crippen molar-refractivity contribution in [3.8, 4) is 11.1 Å². The molecule has 5 heteroatoms. The minimum atomic E-state index is -0.229. The first-order valence-electron chi connectivity index (χ1n) is 9.57. The molecule has 0 saturated carbocycles. The molecule has 0 bridgehead atoms. The van der Waals surface area contributed by atoms with Gasteiger partial charge in [-0.1, -0.05) is 65.7 Å². The number of aromatic amines is 1. The normalized spacial score (nSPS) is 11.0. The van der Waals surface area contributed by atoms with Crippen molar-refractivity contribution in [3.63, 3.8) is 0 Å². The van der Waals surface area contributed by atoms with Crippen molar-refractivity contribution in [3.05, 3.63) is 83.4 Å². The Labute approximate surface area is 169 Å². The van der Waals surface area contributed by atoms with E-state index >= 15 is 0 Å². The third kappa shape index (κ3) is 4.52. The van der Waals surface area contributed by atoms with Crippen LogP contribution in [0.1, 0.15) is 16.7 Å². The van der Waals surface area contributed by atoms with Crippen LogP contribution in [0.3, 0.4) is 0 Å². The highest BCUT2D eigenvalue weighted by molar-refractivity contribution is 6.01. The predicted molar refractivity (Wildman–Crippen MR) is 116 cm³/mol. The number of H-pyrrole nitrogens is 1. The molecule has 4 aromatic rings. The number of benzene rings is 3. The van der Waals surface area contributed by atoms with Crippen LogP contribution in [0.2, 0.25) is 0 Å². The molecule has 1 amide bonds. The lowest BCUT2D eigenvalue weighted by molar-refractivity contribution is -0.121. The van der Waals surface area contributed by atoms with Gasteiger partial charge in [-0.2, -0.15) is 5.10 Å². The van der Waals surface area contributed by atoms with Gasteiger partial charge in [0.15, 0.2) is 5.82 Å². The van der Waals surface area contributed by atoms with E-state index in [-0.39, 0.29) is 12.5 Å². The maximum Gasteiger partial charge on any atom is 0.251 e. The Morgan fingerprint density at radius 1 is 0.966 bits per heavy atom. The monoisotopic (exact) mass is 385 g/mol. The second-order valence-corrected chi connectivity index (χ2v) is 7.24. The summed E-state index contributed by atoms with van der Waals surface area (Å²) in [4.78, 5) is 12.2. The fourth-order valence-corrected chi connectivity index (χ4v) is 3.44. The number of nitrogens with zero attached hydrogens (tertiary/aromatic N) is 1. The average Bonchev–Trinajstić information content (AvgIpc) is 3.10. The second kappa shape index (κ2) is 8.29.